The monoisotopic (exact) mass is 399 g/mol. The first kappa shape index (κ1) is 19.4. The second kappa shape index (κ2) is 9.05. The molecule has 0 unspecified atom stereocenters. The molecule has 0 aliphatic heterocycles. The van der Waals surface area contributed by atoms with E-state index in [4.69, 9.17) is 4.74 Å². The van der Waals surface area contributed by atoms with Crippen molar-refractivity contribution in [2.75, 3.05) is 5.32 Å². The maximum Gasteiger partial charge on any atom is 0.258 e. The predicted octanol–water partition coefficient (Wildman–Crippen LogP) is 4.68. The Balaban J connectivity index is 1.36. The smallest absolute Gasteiger partial charge is 0.258 e. The zero-order chi connectivity index (χ0) is 20.8. The van der Waals surface area contributed by atoms with Gasteiger partial charge in [-0.05, 0) is 42.8 Å². The number of ether oxygens (including phenoxy) is 1. The van der Waals surface area contributed by atoms with Crippen LogP contribution in [0.4, 0.5) is 5.69 Å². The third kappa shape index (κ3) is 4.72. The average Bonchev–Trinajstić information content (AvgIpc) is 2.76. The Hall–Kier alpha value is -3.93. The summed E-state index contributed by atoms with van der Waals surface area (Å²) in [5.41, 5.74) is 1.11. The Morgan fingerprint density at radius 2 is 1.67 bits per heavy atom. The SMILES string of the molecule is O=C(CCCc1nc2ccccc2c(=O)[nH]1)Nc1ccccc1Oc1ccccc1. The minimum Gasteiger partial charge on any atom is -0.455 e. The van der Waals surface area contributed by atoms with E-state index < -0.39 is 0 Å². The molecule has 30 heavy (non-hydrogen) atoms. The van der Waals surface area contributed by atoms with Gasteiger partial charge in [0.2, 0.25) is 5.91 Å². The molecule has 6 heteroatoms. The van der Waals surface area contributed by atoms with Gasteiger partial charge in [0.15, 0.2) is 5.75 Å². The maximum atomic E-state index is 12.4. The summed E-state index contributed by atoms with van der Waals surface area (Å²) >= 11 is 0. The van der Waals surface area contributed by atoms with E-state index in [0.717, 1.165) is 0 Å². The second-order valence-corrected chi connectivity index (χ2v) is 6.84. The fraction of sp³-hybridized carbons (Fsp3) is 0.125. The third-order valence-corrected chi connectivity index (χ3v) is 4.61. The van der Waals surface area contributed by atoms with Crippen molar-refractivity contribution in [1.29, 1.82) is 0 Å². The molecule has 4 aromatic rings. The maximum absolute atomic E-state index is 12.4. The first-order valence-corrected chi connectivity index (χ1v) is 9.79. The van der Waals surface area contributed by atoms with Crippen molar-refractivity contribution in [2.45, 2.75) is 19.3 Å². The first-order chi connectivity index (χ1) is 14.7. The highest BCUT2D eigenvalue weighted by atomic mass is 16.5. The van der Waals surface area contributed by atoms with Gasteiger partial charge in [-0.2, -0.15) is 0 Å². The summed E-state index contributed by atoms with van der Waals surface area (Å²) in [6, 6.07) is 23.9. The zero-order valence-corrected chi connectivity index (χ0v) is 16.3. The quantitative estimate of drug-likeness (QED) is 0.473. The molecular formula is C24H21N3O3. The number of benzene rings is 3. The molecule has 0 radical (unpaired) electrons. The van der Waals surface area contributed by atoms with Gasteiger partial charge >= 0.3 is 0 Å². The van der Waals surface area contributed by atoms with Crippen molar-refractivity contribution >= 4 is 22.5 Å². The first-order valence-electron chi connectivity index (χ1n) is 9.79. The highest BCUT2D eigenvalue weighted by Crippen LogP contribution is 2.29. The van der Waals surface area contributed by atoms with Crippen LogP contribution < -0.4 is 15.6 Å². The highest BCUT2D eigenvalue weighted by molar-refractivity contribution is 5.92. The Morgan fingerprint density at radius 3 is 2.53 bits per heavy atom. The van der Waals surface area contributed by atoms with Crippen LogP contribution >= 0.6 is 0 Å². The van der Waals surface area contributed by atoms with Crippen molar-refractivity contribution < 1.29 is 9.53 Å². The molecule has 0 saturated heterocycles. The van der Waals surface area contributed by atoms with Crippen molar-refractivity contribution in [2.24, 2.45) is 0 Å². The van der Waals surface area contributed by atoms with Gasteiger partial charge in [0.1, 0.15) is 11.6 Å². The number of aromatic amines is 1. The molecule has 0 spiro atoms. The Kier molecular flexibility index (Phi) is 5.85. The fourth-order valence-electron chi connectivity index (χ4n) is 3.16. The van der Waals surface area contributed by atoms with Crippen LogP contribution in [-0.2, 0) is 11.2 Å². The van der Waals surface area contributed by atoms with Gasteiger partial charge in [0, 0.05) is 12.8 Å². The Labute approximate surface area is 173 Å². The molecule has 0 saturated carbocycles. The molecule has 6 nitrogen and oxygen atoms in total. The molecule has 0 aliphatic rings. The number of H-pyrrole nitrogens is 1. The van der Waals surface area contributed by atoms with E-state index in [2.05, 4.69) is 15.3 Å². The van der Waals surface area contributed by atoms with Gasteiger partial charge in [0.05, 0.1) is 16.6 Å². The van der Waals surface area contributed by atoms with E-state index in [1.807, 2.05) is 66.7 Å². The molecule has 1 heterocycles. The fourth-order valence-corrected chi connectivity index (χ4v) is 3.16. The summed E-state index contributed by atoms with van der Waals surface area (Å²) in [5, 5.41) is 3.47. The van der Waals surface area contributed by atoms with Crippen LogP contribution in [0.1, 0.15) is 18.7 Å². The third-order valence-electron chi connectivity index (χ3n) is 4.61. The van der Waals surface area contributed by atoms with Crippen LogP contribution in [0.3, 0.4) is 0 Å². The van der Waals surface area contributed by atoms with Gasteiger partial charge in [-0.25, -0.2) is 4.98 Å². The van der Waals surface area contributed by atoms with Crippen molar-refractivity contribution in [3.63, 3.8) is 0 Å². The number of carbonyl (C=O) groups is 1. The molecule has 0 atom stereocenters. The molecule has 1 amide bonds. The van der Waals surface area contributed by atoms with E-state index in [1.54, 1.807) is 12.1 Å². The topological polar surface area (TPSA) is 84.1 Å². The van der Waals surface area contributed by atoms with Crippen molar-refractivity contribution in [3.8, 4) is 11.5 Å². The molecule has 3 aromatic carbocycles. The lowest BCUT2D eigenvalue weighted by atomic mass is 10.2. The van der Waals surface area contributed by atoms with Crippen molar-refractivity contribution in [1.82, 2.24) is 9.97 Å². The van der Waals surface area contributed by atoms with E-state index in [-0.39, 0.29) is 11.5 Å². The number of para-hydroxylation sites is 4. The van der Waals surface area contributed by atoms with E-state index in [9.17, 15) is 9.59 Å². The van der Waals surface area contributed by atoms with Crippen LogP contribution in [0.25, 0.3) is 10.9 Å². The number of amides is 1. The van der Waals surface area contributed by atoms with Gasteiger partial charge in [0.25, 0.3) is 5.56 Å². The molecule has 0 aliphatic carbocycles. The number of hydrogen-bond acceptors (Lipinski definition) is 4. The normalized spacial score (nSPS) is 10.7. The number of nitrogens with one attached hydrogen (secondary N) is 2. The lowest BCUT2D eigenvalue weighted by Crippen LogP contribution is -2.14. The van der Waals surface area contributed by atoms with Gasteiger partial charge in [-0.15, -0.1) is 0 Å². The minimum atomic E-state index is -0.160. The predicted molar refractivity (Wildman–Crippen MR) is 117 cm³/mol. The molecule has 0 fully saturated rings. The molecule has 2 N–H and O–H groups in total. The number of nitrogens with zero attached hydrogens (tertiary/aromatic N) is 1. The lowest BCUT2D eigenvalue weighted by Gasteiger charge is -2.12. The standard InChI is InChI=1S/C24H21N3O3/c28-23(16-8-15-22-25-19-12-5-4-11-18(19)24(29)27-22)26-20-13-6-7-14-21(20)30-17-9-2-1-3-10-17/h1-7,9-14H,8,15-16H2,(H,26,28)(H,25,27,29). The van der Waals surface area contributed by atoms with E-state index >= 15 is 0 Å². The molecule has 4 rings (SSSR count). The van der Waals surface area contributed by atoms with Crippen molar-refractivity contribution in [3.05, 3.63) is 95.0 Å². The zero-order valence-electron chi connectivity index (χ0n) is 16.3. The number of aryl methyl sites for hydroxylation is 1. The van der Waals surface area contributed by atoms with Crippen LogP contribution in [0, 0.1) is 0 Å². The number of anilines is 1. The highest BCUT2D eigenvalue weighted by Gasteiger charge is 2.09. The van der Waals surface area contributed by atoms with Crippen LogP contribution in [0.5, 0.6) is 11.5 Å². The summed E-state index contributed by atoms with van der Waals surface area (Å²) in [5.74, 6) is 1.74. The summed E-state index contributed by atoms with van der Waals surface area (Å²) in [6.07, 6.45) is 1.38. The summed E-state index contributed by atoms with van der Waals surface area (Å²) < 4.78 is 5.87. The summed E-state index contributed by atoms with van der Waals surface area (Å²) in [7, 11) is 0. The summed E-state index contributed by atoms with van der Waals surface area (Å²) in [6.45, 7) is 0. The van der Waals surface area contributed by atoms with Crippen LogP contribution in [0.15, 0.2) is 83.7 Å². The minimum absolute atomic E-state index is 0.123. The molecule has 0 bridgehead atoms. The number of aromatic nitrogens is 2. The molecule has 1 aromatic heterocycles. The molecule has 150 valence electrons. The number of fused-ring (bicyclic) bond motifs is 1. The largest absolute Gasteiger partial charge is 0.455 e. The van der Waals surface area contributed by atoms with E-state index in [1.165, 1.54) is 0 Å². The number of carbonyl (C=O) groups excluding carboxylic acids is 1. The lowest BCUT2D eigenvalue weighted by molar-refractivity contribution is -0.116. The van der Waals surface area contributed by atoms with Crippen LogP contribution in [-0.4, -0.2) is 15.9 Å². The number of hydrogen-bond donors (Lipinski definition) is 2. The Morgan fingerprint density at radius 1 is 0.933 bits per heavy atom. The van der Waals surface area contributed by atoms with Crippen LogP contribution in [0.2, 0.25) is 0 Å². The molecular weight excluding hydrogens is 378 g/mol. The van der Waals surface area contributed by atoms with Gasteiger partial charge in [-0.3, -0.25) is 9.59 Å². The average molecular weight is 399 g/mol. The second-order valence-electron chi connectivity index (χ2n) is 6.84. The number of rotatable bonds is 7. The van der Waals surface area contributed by atoms with E-state index in [0.29, 0.717) is 53.2 Å². The van der Waals surface area contributed by atoms with Gasteiger partial charge < -0.3 is 15.0 Å². The van der Waals surface area contributed by atoms with Gasteiger partial charge in [-0.1, -0.05) is 42.5 Å². The Bertz CT molecular complexity index is 1220. The summed E-state index contributed by atoms with van der Waals surface area (Å²) in [4.78, 5) is 31.8.